The predicted octanol–water partition coefficient (Wildman–Crippen LogP) is 2.31. The van der Waals surface area contributed by atoms with Crippen LogP contribution in [-0.4, -0.2) is 18.2 Å². The molecule has 0 aliphatic heterocycles. The molecule has 120 valence electrons. The van der Waals surface area contributed by atoms with Crippen molar-refractivity contribution in [1.82, 2.24) is 5.16 Å². The Hall–Kier alpha value is -3.16. The van der Waals surface area contributed by atoms with Crippen LogP contribution in [0.5, 0.6) is 5.75 Å². The Morgan fingerprint density at radius 2 is 2.04 bits per heavy atom. The SMILES string of the molecule is COc1ccc(NC(=O)/C(N=Nc2cc(C)on2)=C(/C)[O-])cc1. The molecule has 0 aliphatic carbocycles. The number of hydrogen-bond acceptors (Lipinski definition) is 7. The highest BCUT2D eigenvalue weighted by atomic mass is 16.5. The van der Waals surface area contributed by atoms with Gasteiger partial charge in [0, 0.05) is 11.8 Å². The molecular weight excluding hydrogens is 300 g/mol. The maximum atomic E-state index is 12.1. The zero-order valence-corrected chi connectivity index (χ0v) is 12.9. The monoisotopic (exact) mass is 315 g/mol. The normalized spacial score (nSPS) is 12.1. The van der Waals surface area contributed by atoms with Gasteiger partial charge in [-0.25, -0.2) is 0 Å². The molecule has 1 N–H and O–H groups in total. The van der Waals surface area contributed by atoms with Gasteiger partial charge in [0.2, 0.25) is 5.82 Å². The van der Waals surface area contributed by atoms with Gasteiger partial charge in [-0.15, -0.1) is 16.0 Å². The number of nitrogens with zero attached hydrogens (tertiary/aromatic N) is 3. The molecule has 0 atom stereocenters. The number of hydrogen-bond donors (Lipinski definition) is 1. The van der Waals surface area contributed by atoms with E-state index in [9.17, 15) is 9.90 Å². The number of amides is 1. The number of allylic oxidation sites excluding steroid dienone is 1. The third kappa shape index (κ3) is 4.40. The molecule has 0 saturated heterocycles. The number of carbonyl (C=O) groups excluding carboxylic acids is 1. The summed E-state index contributed by atoms with van der Waals surface area (Å²) in [5.74, 6) is 0.205. The average Bonchev–Trinajstić information content (AvgIpc) is 2.93. The molecule has 8 nitrogen and oxygen atoms in total. The summed E-state index contributed by atoms with van der Waals surface area (Å²) in [5, 5.41) is 25.1. The molecule has 1 aromatic carbocycles. The van der Waals surface area contributed by atoms with E-state index in [1.54, 1.807) is 38.3 Å². The molecule has 0 unspecified atom stereocenters. The van der Waals surface area contributed by atoms with Crippen molar-refractivity contribution in [2.24, 2.45) is 10.2 Å². The molecule has 0 fully saturated rings. The van der Waals surface area contributed by atoms with Crippen LogP contribution in [0.1, 0.15) is 12.7 Å². The molecule has 1 amide bonds. The third-order valence-electron chi connectivity index (χ3n) is 2.76. The van der Waals surface area contributed by atoms with E-state index in [2.05, 4.69) is 20.7 Å². The van der Waals surface area contributed by atoms with Crippen molar-refractivity contribution in [1.29, 1.82) is 0 Å². The van der Waals surface area contributed by atoms with Crippen LogP contribution in [0.2, 0.25) is 0 Å². The van der Waals surface area contributed by atoms with Gasteiger partial charge >= 0.3 is 0 Å². The topological polar surface area (TPSA) is 112 Å². The van der Waals surface area contributed by atoms with Gasteiger partial charge in [0.05, 0.1) is 7.11 Å². The number of aryl methyl sites for hydroxylation is 1. The van der Waals surface area contributed by atoms with E-state index >= 15 is 0 Å². The van der Waals surface area contributed by atoms with Gasteiger partial charge < -0.3 is 19.7 Å². The van der Waals surface area contributed by atoms with Gasteiger partial charge in [-0.05, 0) is 31.2 Å². The molecule has 2 rings (SSSR count). The number of carbonyl (C=O) groups is 1. The van der Waals surface area contributed by atoms with Crippen molar-refractivity contribution in [2.75, 3.05) is 12.4 Å². The Kier molecular flexibility index (Phi) is 5.08. The van der Waals surface area contributed by atoms with Gasteiger partial charge in [0.1, 0.15) is 17.2 Å². The number of methoxy groups -OCH3 is 1. The van der Waals surface area contributed by atoms with Crippen LogP contribution in [0.25, 0.3) is 0 Å². The summed E-state index contributed by atoms with van der Waals surface area (Å²) in [5.41, 5.74) is 0.170. The molecule has 23 heavy (non-hydrogen) atoms. The van der Waals surface area contributed by atoms with Gasteiger partial charge in [0.25, 0.3) is 5.91 Å². The molecule has 2 aromatic rings. The summed E-state index contributed by atoms with van der Waals surface area (Å²) in [4.78, 5) is 12.1. The lowest BCUT2D eigenvalue weighted by Crippen LogP contribution is -2.17. The van der Waals surface area contributed by atoms with Crippen LogP contribution in [0, 0.1) is 6.92 Å². The lowest BCUT2D eigenvalue weighted by Gasteiger charge is -2.11. The quantitative estimate of drug-likeness (QED) is 0.517. The van der Waals surface area contributed by atoms with Gasteiger partial charge in [-0.2, -0.15) is 0 Å². The van der Waals surface area contributed by atoms with Crippen molar-refractivity contribution in [3.8, 4) is 5.75 Å². The Morgan fingerprint density at radius 1 is 1.35 bits per heavy atom. The predicted molar refractivity (Wildman–Crippen MR) is 80.1 cm³/mol. The molecule has 1 heterocycles. The standard InChI is InChI=1S/C15H16N4O4/c1-9-8-13(19-23-9)17-18-14(10(2)20)15(21)16-11-4-6-12(22-3)7-5-11/h4-8,20H,1-3H3,(H,16,21)/p-1/b14-10+,18-17?. The molecule has 0 spiro atoms. The van der Waals surface area contributed by atoms with Crippen LogP contribution >= 0.6 is 0 Å². The summed E-state index contributed by atoms with van der Waals surface area (Å²) in [7, 11) is 1.54. The number of ether oxygens (including phenoxy) is 1. The van der Waals surface area contributed by atoms with Crippen molar-refractivity contribution in [3.63, 3.8) is 0 Å². The molecule has 0 bridgehead atoms. The van der Waals surface area contributed by atoms with E-state index in [4.69, 9.17) is 9.26 Å². The Morgan fingerprint density at radius 3 is 2.57 bits per heavy atom. The second-order valence-corrected chi connectivity index (χ2v) is 4.58. The summed E-state index contributed by atoms with van der Waals surface area (Å²) in [6, 6.07) is 8.19. The first-order valence-electron chi connectivity index (χ1n) is 6.68. The van der Waals surface area contributed by atoms with E-state index in [1.165, 1.54) is 13.0 Å². The first kappa shape index (κ1) is 16.2. The Bertz CT molecular complexity index is 743. The fraction of sp³-hybridized carbons (Fsp3) is 0.200. The third-order valence-corrected chi connectivity index (χ3v) is 2.76. The fourth-order valence-corrected chi connectivity index (χ4v) is 1.64. The van der Waals surface area contributed by atoms with E-state index in [-0.39, 0.29) is 11.5 Å². The number of benzene rings is 1. The zero-order valence-electron chi connectivity index (χ0n) is 12.9. The molecule has 0 saturated carbocycles. The number of nitrogens with one attached hydrogen (secondary N) is 1. The minimum absolute atomic E-state index is 0.179. The highest BCUT2D eigenvalue weighted by molar-refractivity contribution is 6.03. The van der Waals surface area contributed by atoms with Crippen molar-refractivity contribution in [2.45, 2.75) is 13.8 Å². The van der Waals surface area contributed by atoms with Crippen LogP contribution in [0.3, 0.4) is 0 Å². The maximum Gasteiger partial charge on any atom is 0.275 e. The van der Waals surface area contributed by atoms with Crippen LogP contribution in [0.15, 0.2) is 56.5 Å². The van der Waals surface area contributed by atoms with Crippen molar-refractivity contribution >= 4 is 17.4 Å². The minimum Gasteiger partial charge on any atom is -0.874 e. The smallest absolute Gasteiger partial charge is 0.275 e. The van der Waals surface area contributed by atoms with E-state index < -0.39 is 11.7 Å². The highest BCUT2D eigenvalue weighted by Gasteiger charge is 2.10. The largest absolute Gasteiger partial charge is 0.874 e. The van der Waals surface area contributed by atoms with Gasteiger partial charge in [-0.3, -0.25) is 4.79 Å². The van der Waals surface area contributed by atoms with Crippen LogP contribution in [-0.2, 0) is 4.79 Å². The lowest BCUT2D eigenvalue weighted by atomic mass is 10.3. The fourth-order valence-electron chi connectivity index (χ4n) is 1.64. The van der Waals surface area contributed by atoms with Crippen LogP contribution in [0.4, 0.5) is 11.5 Å². The second-order valence-electron chi connectivity index (χ2n) is 4.58. The average molecular weight is 315 g/mol. The van der Waals surface area contributed by atoms with Gasteiger partial charge in [-0.1, -0.05) is 12.1 Å². The maximum absolute atomic E-state index is 12.1. The molecule has 0 aliphatic rings. The van der Waals surface area contributed by atoms with Crippen molar-refractivity contribution in [3.05, 3.63) is 47.5 Å². The minimum atomic E-state index is -0.661. The number of aromatic nitrogens is 1. The number of anilines is 1. The van der Waals surface area contributed by atoms with E-state index in [0.29, 0.717) is 17.2 Å². The molecule has 1 aromatic heterocycles. The Labute approximate surface area is 132 Å². The first-order valence-corrected chi connectivity index (χ1v) is 6.68. The molecule has 0 radical (unpaired) electrons. The van der Waals surface area contributed by atoms with E-state index in [0.717, 1.165) is 0 Å². The second kappa shape index (κ2) is 7.21. The van der Waals surface area contributed by atoms with Gasteiger partial charge in [0.15, 0.2) is 0 Å². The summed E-state index contributed by atoms with van der Waals surface area (Å²) < 4.78 is 9.85. The molecule has 8 heteroatoms. The summed E-state index contributed by atoms with van der Waals surface area (Å²) in [6.45, 7) is 2.92. The first-order chi connectivity index (χ1) is 11.0. The van der Waals surface area contributed by atoms with Crippen molar-refractivity contribution < 1.29 is 19.2 Å². The zero-order chi connectivity index (χ0) is 16.8. The lowest BCUT2D eigenvalue weighted by molar-refractivity contribution is -0.303. The summed E-state index contributed by atoms with van der Waals surface area (Å²) >= 11 is 0. The number of azo groups is 1. The Balaban J connectivity index is 2.12. The van der Waals surface area contributed by atoms with E-state index in [1.807, 2.05) is 0 Å². The summed E-state index contributed by atoms with van der Waals surface area (Å²) in [6.07, 6.45) is 0. The number of rotatable bonds is 5. The molecular formula is C15H15N4O4-. The highest BCUT2D eigenvalue weighted by Crippen LogP contribution is 2.18. The van der Waals surface area contributed by atoms with Crippen LogP contribution < -0.4 is 15.2 Å².